The minimum Gasteiger partial charge on any atom is -0.496 e. The summed E-state index contributed by atoms with van der Waals surface area (Å²) < 4.78 is 17.8. The Kier molecular flexibility index (Phi) is 13.1. The van der Waals surface area contributed by atoms with Gasteiger partial charge in [0, 0.05) is 37.1 Å². The van der Waals surface area contributed by atoms with Crippen molar-refractivity contribution in [1.82, 2.24) is 10.2 Å². The number of hydrogen-bond acceptors (Lipinski definition) is 8. The predicted molar refractivity (Wildman–Crippen MR) is 166 cm³/mol. The van der Waals surface area contributed by atoms with E-state index in [1.165, 1.54) is 13.2 Å². The zero-order chi connectivity index (χ0) is 30.6. The molecule has 2 aromatic carbocycles. The summed E-state index contributed by atoms with van der Waals surface area (Å²) in [4.78, 5) is 39.7. The number of halogens is 1. The molecule has 0 radical (unpaired) electrons. The van der Waals surface area contributed by atoms with E-state index < -0.39 is 24.2 Å². The molecule has 2 aromatic rings. The number of aliphatic hydroxyl groups is 2. The number of methoxy groups -OCH3 is 2. The zero-order valence-corrected chi connectivity index (χ0v) is 26.3. The highest BCUT2D eigenvalue weighted by Crippen LogP contribution is 2.37. The molecule has 11 heteroatoms. The third kappa shape index (κ3) is 8.45. The highest BCUT2D eigenvalue weighted by molar-refractivity contribution is 14.1. The van der Waals surface area contributed by atoms with E-state index in [9.17, 15) is 24.6 Å². The van der Waals surface area contributed by atoms with E-state index >= 15 is 0 Å². The van der Waals surface area contributed by atoms with Gasteiger partial charge in [-0.05, 0) is 65.3 Å². The lowest BCUT2D eigenvalue weighted by Crippen LogP contribution is -2.55. The Morgan fingerprint density at radius 2 is 1.90 bits per heavy atom. The molecule has 1 aliphatic carbocycles. The topological polar surface area (TPSA) is 135 Å². The van der Waals surface area contributed by atoms with Gasteiger partial charge in [-0.3, -0.25) is 14.4 Å². The van der Waals surface area contributed by atoms with Crippen molar-refractivity contribution in [3.8, 4) is 17.2 Å². The largest absolute Gasteiger partial charge is 0.496 e. The van der Waals surface area contributed by atoms with Gasteiger partial charge in [0.05, 0.1) is 30.4 Å². The van der Waals surface area contributed by atoms with Gasteiger partial charge in [0.2, 0.25) is 11.8 Å². The second-order valence-corrected chi connectivity index (χ2v) is 11.1. The third-order valence-corrected chi connectivity index (χ3v) is 7.94. The van der Waals surface area contributed by atoms with E-state index in [-0.39, 0.29) is 32.0 Å². The number of para-hydroxylation sites is 1. The summed E-state index contributed by atoms with van der Waals surface area (Å²) in [7, 11) is 3.04. The molecule has 42 heavy (non-hydrogen) atoms. The second kappa shape index (κ2) is 16.5. The summed E-state index contributed by atoms with van der Waals surface area (Å²) in [5.74, 6) is 0.753. The second-order valence-electron chi connectivity index (χ2n) is 9.92. The van der Waals surface area contributed by atoms with Gasteiger partial charge in [-0.1, -0.05) is 31.5 Å². The molecule has 228 valence electrons. The molecule has 0 heterocycles. The molecule has 2 amide bonds. The number of amides is 2. The third-order valence-electron chi connectivity index (χ3n) is 7.14. The number of nitrogens with one attached hydrogen (secondary N) is 1. The SMILES string of the molecule is CCCCC(=O)N(CCc1ccccc1OC)[C@@H]1CC(C(=O)NCCO)=C[C@H](Oc2c(I)cc(C=O)cc2OC)[C@H]1O. The van der Waals surface area contributed by atoms with Crippen LogP contribution in [0.2, 0.25) is 0 Å². The lowest BCUT2D eigenvalue weighted by molar-refractivity contribution is -0.138. The Bertz CT molecular complexity index is 1270. The first-order valence-electron chi connectivity index (χ1n) is 14.0. The molecule has 0 bridgehead atoms. The van der Waals surface area contributed by atoms with Gasteiger partial charge in [0.1, 0.15) is 24.2 Å². The van der Waals surface area contributed by atoms with Crippen LogP contribution in [0.15, 0.2) is 48.0 Å². The number of aldehydes is 1. The highest BCUT2D eigenvalue weighted by atomic mass is 127. The average Bonchev–Trinajstić information content (AvgIpc) is 3.00. The van der Waals surface area contributed by atoms with Crippen LogP contribution in [-0.2, 0) is 16.0 Å². The monoisotopic (exact) mass is 694 g/mol. The first-order chi connectivity index (χ1) is 20.3. The number of benzene rings is 2. The summed E-state index contributed by atoms with van der Waals surface area (Å²) >= 11 is 2.02. The number of hydrogen-bond donors (Lipinski definition) is 3. The molecule has 0 unspecified atom stereocenters. The Balaban J connectivity index is 2.01. The van der Waals surface area contributed by atoms with Crippen LogP contribution in [0.1, 0.15) is 48.5 Å². The molecule has 0 fully saturated rings. The molecule has 0 aromatic heterocycles. The molecular formula is C31H39IN2O8. The maximum atomic E-state index is 13.6. The maximum absolute atomic E-state index is 13.6. The molecule has 0 saturated carbocycles. The van der Waals surface area contributed by atoms with Crippen LogP contribution in [0, 0.1) is 3.57 Å². The van der Waals surface area contributed by atoms with Crippen LogP contribution in [0.3, 0.4) is 0 Å². The van der Waals surface area contributed by atoms with Crippen molar-refractivity contribution in [1.29, 1.82) is 0 Å². The number of aliphatic hydroxyl groups excluding tert-OH is 2. The standard InChI is InChI=1S/C31H39IN2O8/c1-4-5-10-28(37)34(13-11-21-8-6-7-9-25(21)40-2)24-17-22(31(39)33-12-14-35)18-26(29(24)38)42-30-23(32)15-20(19-36)16-27(30)41-3/h6-9,15-16,18-19,24,26,29,35,38H,4-5,10-14,17H2,1-3H3,(H,33,39)/t24-,26+,29+/m1/s1. The minimum absolute atomic E-state index is 0.0563. The molecular weight excluding hydrogens is 655 g/mol. The van der Waals surface area contributed by atoms with E-state index in [0.717, 1.165) is 12.0 Å². The molecule has 3 rings (SSSR count). The van der Waals surface area contributed by atoms with Gasteiger partial charge in [0.15, 0.2) is 11.5 Å². The van der Waals surface area contributed by atoms with Gasteiger partial charge < -0.3 is 34.6 Å². The minimum atomic E-state index is -1.19. The van der Waals surface area contributed by atoms with Gasteiger partial charge in [-0.15, -0.1) is 0 Å². The molecule has 0 spiro atoms. The Morgan fingerprint density at radius 1 is 1.17 bits per heavy atom. The lowest BCUT2D eigenvalue weighted by Gasteiger charge is -2.41. The van der Waals surface area contributed by atoms with Crippen LogP contribution >= 0.6 is 22.6 Å². The lowest BCUT2D eigenvalue weighted by atomic mass is 9.87. The van der Waals surface area contributed by atoms with Crippen LogP contribution < -0.4 is 19.5 Å². The Hall–Kier alpha value is -3.16. The Labute approximate surface area is 260 Å². The average molecular weight is 695 g/mol. The number of carbonyl (C=O) groups excluding carboxylic acids is 3. The number of carbonyl (C=O) groups is 3. The van der Waals surface area contributed by atoms with Crippen LogP contribution in [0.25, 0.3) is 0 Å². The quantitative estimate of drug-likeness (QED) is 0.191. The van der Waals surface area contributed by atoms with E-state index in [4.69, 9.17) is 14.2 Å². The fourth-order valence-corrected chi connectivity index (χ4v) is 5.69. The van der Waals surface area contributed by atoms with Crippen molar-refractivity contribution in [3.63, 3.8) is 0 Å². The molecule has 3 atom stereocenters. The molecule has 3 N–H and O–H groups in total. The van der Waals surface area contributed by atoms with Crippen molar-refractivity contribution in [2.45, 2.75) is 57.3 Å². The van der Waals surface area contributed by atoms with Crippen LogP contribution in [0.4, 0.5) is 0 Å². The first-order valence-corrected chi connectivity index (χ1v) is 15.0. The van der Waals surface area contributed by atoms with Gasteiger partial charge in [-0.2, -0.15) is 0 Å². The van der Waals surface area contributed by atoms with Crippen LogP contribution in [0.5, 0.6) is 17.2 Å². The van der Waals surface area contributed by atoms with Crippen molar-refractivity contribution in [2.24, 2.45) is 0 Å². The number of ether oxygens (including phenoxy) is 3. The zero-order valence-electron chi connectivity index (χ0n) is 24.2. The summed E-state index contributed by atoms with van der Waals surface area (Å²) in [5.41, 5.74) is 1.64. The molecule has 1 aliphatic rings. The van der Waals surface area contributed by atoms with Gasteiger partial charge in [0.25, 0.3) is 0 Å². The van der Waals surface area contributed by atoms with Gasteiger partial charge >= 0.3 is 0 Å². The normalized spacial score (nSPS) is 18.0. The summed E-state index contributed by atoms with van der Waals surface area (Å²) in [6.07, 6.45) is 2.43. The van der Waals surface area contributed by atoms with Crippen molar-refractivity contribution in [3.05, 3.63) is 62.7 Å². The fraction of sp³-hybridized carbons (Fsp3) is 0.452. The molecule has 0 aliphatic heterocycles. The maximum Gasteiger partial charge on any atom is 0.247 e. The van der Waals surface area contributed by atoms with Crippen molar-refractivity contribution in [2.75, 3.05) is 33.9 Å². The first kappa shape index (κ1) is 33.3. The van der Waals surface area contributed by atoms with Crippen molar-refractivity contribution < 1.29 is 38.8 Å². The number of nitrogens with zero attached hydrogens (tertiary/aromatic N) is 1. The van der Waals surface area contributed by atoms with E-state index in [2.05, 4.69) is 5.32 Å². The number of rotatable bonds is 15. The van der Waals surface area contributed by atoms with E-state index in [0.29, 0.717) is 57.5 Å². The van der Waals surface area contributed by atoms with Crippen LogP contribution in [-0.4, -0.2) is 85.4 Å². The van der Waals surface area contributed by atoms with Crippen molar-refractivity contribution >= 4 is 40.7 Å². The number of unbranched alkanes of at least 4 members (excludes halogenated alkanes) is 1. The van der Waals surface area contributed by atoms with E-state index in [1.54, 1.807) is 24.2 Å². The highest BCUT2D eigenvalue weighted by Gasteiger charge is 2.40. The Morgan fingerprint density at radius 3 is 2.57 bits per heavy atom. The molecule has 10 nitrogen and oxygen atoms in total. The predicted octanol–water partition coefficient (Wildman–Crippen LogP) is 3.30. The summed E-state index contributed by atoms with van der Waals surface area (Å²) in [5, 5.41) is 23.6. The summed E-state index contributed by atoms with van der Waals surface area (Å²) in [6.45, 7) is 2.12. The van der Waals surface area contributed by atoms with Gasteiger partial charge in [-0.25, -0.2) is 0 Å². The fourth-order valence-electron chi connectivity index (χ4n) is 4.94. The smallest absolute Gasteiger partial charge is 0.247 e. The summed E-state index contributed by atoms with van der Waals surface area (Å²) in [6, 6.07) is 9.95. The van der Waals surface area contributed by atoms with E-state index in [1.807, 2.05) is 53.8 Å². The molecule has 0 saturated heterocycles.